The zero-order valence-corrected chi connectivity index (χ0v) is 12.2. The van der Waals surface area contributed by atoms with E-state index < -0.39 is 5.97 Å². The number of amides is 1. The van der Waals surface area contributed by atoms with E-state index in [1.54, 1.807) is 4.90 Å². The Hall–Kier alpha value is -1.55. The summed E-state index contributed by atoms with van der Waals surface area (Å²) in [5, 5.41) is 9.38. The molecule has 1 saturated heterocycles. The summed E-state index contributed by atoms with van der Waals surface area (Å²) in [7, 11) is 0. The zero-order valence-electron chi connectivity index (χ0n) is 11.4. The molecular weight excluding hydrogens is 278 g/mol. The van der Waals surface area contributed by atoms with E-state index in [2.05, 4.69) is 0 Å². The Morgan fingerprint density at radius 3 is 2.70 bits per heavy atom. The first kappa shape index (κ1) is 14.9. The van der Waals surface area contributed by atoms with E-state index in [0.717, 1.165) is 16.1 Å². The predicted molar refractivity (Wildman–Crippen MR) is 76.8 cm³/mol. The van der Waals surface area contributed by atoms with Crippen molar-refractivity contribution in [3.05, 3.63) is 34.3 Å². The van der Waals surface area contributed by atoms with Gasteiger partial charge in [-0.05, 0) is 30.5 Å². The third kappa shape index (κ3) is 3.73. The molecule has 4 nitrogen and oxygen atoms in total. The second-order valence-electron chi connectivity index (χ2n) is 5.35. The molecule has 0 atom stereocenters. The molecule has 0 aliphatic carbocycles. The molecule has 0 spiro atoms. The molecule has 1 N–H and O–H groups in total. The Bertz CT molecular complexity index is 524. The van der Waals surface area contributed by atoms with Crippen LogP contribution < -0.4 is 0 Å². The minimum Gasteiger partial charge on any atom is -0.481 e. The van der Waals surface area contributed by atoms with Crippen LogP contribution in [0.15, 0.2) is 18.2 Å². The molecule has 108 valence electrons. The molecule has 1 aliphatic rings. The van der Waals surface area contributed by atoms with Gasteiger partial charge in [-0.1, -0.05) is 23.7 Å². The van der Waals surface area contributed by atoms with Gasteiger partial charge in [-0.3, -0.25) is 9.59 Å². The third-order valence-corrected chi connectivity index (χ3v) is 4.04. The summed E-state index contributed by atoms with van der Waals surface area (Å²) in [6, 6.07) is 5.83. The number of carbonyl (C=O) groups excluding carboxylic acids is 1. The lowest BCUT2D eigenvalue weighted by molar-refractivity contribution is -0.145. The summed E-state index contributed by atoms with van der Waals surface area (Å²) in [6.45, 7) is 3.08. The number of carboxylic acid groups (broad SMARTS) is 1. The standard InChI is InChI=1S/C15H18ClNO3/c1-10-2-3-11(6-13(10)16)4-5-14(18)17-8-12(9-17)7-15(19)20/h2-3,6,12H,4-5,7-9H2,1H3,(H,19,20). The number of hydrogen-bond acceptors (Lipinski definition) is 2. The largest absolute Gasteiger partial charge is 0.481 e. The monoisotopic (exact) mass is 295 g/mol. The first-order valence-electron chi connectivity index (χ1n) is 6.70. The maximum atomic E-state index is 11.9. The van der Waals surface area contributed by atoms with Crippen LogP contribution in [0.5, 0.6) is 0 Å². The van der Waals surface area contributed by atoms with Gasteiger partial charge in [0.25, 0.3) is 0 Å². The maximum absolute atomic E-state index is 11.9. The molecule has 0 aromatic heterocycles. The van der Waals surface area contributed by atoms with Crippen LogP contribution in [0.2, 0.25) is 5.02 Å². The van der Waals surface area contributed by atoms with Gasteiger partial charge in [0.2, 0.25) is 5.91 Å². The van der Waals surface area contributed by atoms with Crippen LogP contribution in [0.3, 0.4) is 0 Å². The lowest BCUT2D eigenvalue weighted by atomic mass is 9.95. The van der Waals surface area contributed by atoms with Crippen LogP contribution in [-0.4, -0.2) is 35.0 Å². The van der Waals surface area contributed by atoms with E-state index in [-0.39, 0.29) is 18.2 Å². The van der Waals surface area contributed by atoms with Gasteiger partial charge in [-0.25, -0.2) is 0 Å². The van der Waals surface area contributed by atoms with Crippen molar-refractivity contribution in [2.24, 2.45) is 5.92 Å². The van der Waals surface area contributed by atoms with E-state index >= 15 is 0 Å². The molecule has 1 aromatic rings. The second kappa shape index (κ2) is 6.27. The fourth-order valence-electron chi connectivity index (χ4n) is 2.35. The average Bonchev–Trinajstić information content (AvgIpc) is 2.34. The molecule has 1 aliphatic heterocycles. The molecule has 1 heterocycles. The quantitative estimate of drug-likeness (QED) is 0.908. The minimum absolute atomic E-state index is 0.0864. The zero-order chi connectivity index (χ0) is 14.7. The van der Waals surface area contributed by atoms with Crippen molar-refractivity contribution in [1.82, 2.24) is 4.90 Å². The lowest BCUT2D eigenvalue weighted by Crippen LogP contribution is -2.50. The number of rotatable bonds is 5. The minimum atomic E-state index is -0.795. The number of nitrogens with zero attached hydrogens (tertiary/aromatic N) is 1. The number of hydrogen-bond donors (Lipinski definition) is 1. The van der Waals surface area contributed by atoms with Gasteiger partial charge in [-0.2, -0.15) is 0 Å². The van der Waals surface area contributed by atoms with Crippen LogP contribution in [0.4, 0.5) is 0 Å². The number of halogens is 1. The van der Waals surface area contributed by atoms with Gasteiger partial charge >= 0.3 is 5.97 Å². The van der Waals surface area contributed by atoms with Crippen molar-refractivity contribution in [3.8, 4) is 0 Å². The van der Waals surface area contributed by atoms with Gasteiger partial charge in [0.1, 0.15) is 0 Å². The number of likely N-dealkylation sites (tertiary alicyclic amines) is 1. The molecular formula is C15H18ClNO3. The van der Waals surface area contributed by atoms with Crippen LogP contribution in [0.25, 0.3) is 0 Å². The van der Waals surface area contributed by atoms with Gasteiger partial charge in [0.15, 0.2) is 0 Å². The molecule has 1 amide bonds. The Labute approximate surface area is 123 Å². The highest BCUT2D eigenvalue weighted by molar-refractivity contribution is 6.31. The Balaban J connectivity index is 1.76. The lowest BCUT2D eigenvalue weighted by Gasteiger charge is -2.38. The van der Waals surface area contributed by atoms with E-state index in [0.29, 0.717) is 25.9 Å². The van der Waals surface area contributed by atoms with Crippen molar-refractivity contribution in [1.29, 1.82) is 0 Å². The van der Waals surface area contributed by atoms with Crippen molar-refractivity contribution in [2.45, 2.75) is 26.2 Å². The molecule has 0 saturated carbocycles. The summed E-state index contributed by atoms with van der Waals surface area (Å²) in [4.78, 5) is 24.2. The van der Waals surface area contributed by atoms with Crippen molar-refractivity contribution in [2.75, 3.05) is 13.1 Å². The fourth-order valence-corrected chi connectivity index (χ4v) is 2.55. The van der Waals surface area contributed by atoms with Gasteiger partial charge in [0, 0.05) is 30.5 Å². The first-order chi connectivity index (χ1) is 9.45. The summed E-state index contributed by atoms with van der Waals surface area (Å²) in [6.07, 6.45) is 1.26. The fraction of sp³-hybridized carbons (Fsp3) is 0.467. The maximum Gasteiger partial charge on any atom is 0.303 e. The van der Waals surface area contributed by atoms with Crippen LogP contribution >= 0.6 is 11.6 Å². The van der Waals surface area contributed by atoms with Gasteiger partial charge in [0.05, 0.1) is 6.42 Å². The first-order valence-corrected chi connectivity index (χ1v) is 7.08. The SMILES string of the molecule is Cc1ccc(CCC(=O)N2CC(CC(=O)O)C2)cc1Cl. The molecule has 5 heteroatoms. The second-order valence-corrected chi connectivity index (χ2v) is 5.75. The Morgan fingerprint density at radius 1 is 1.40 bits per heavy atom. The van der Waals surface area contributed by atoms with E-state index in [4.69, 9.17) is 16.7 Å². The Kier molecular flexibility index (Phi) is 4.65. The molecule has 0 radical (unpaired) electrons. The summed E-state index contributed by atoms with van der Waals surface area (Å²) in [5.41, 5.74) is 2.08. The summed E-state index contributed by atoms with van der Waals surface area (Å²) >= 11 is 6.05. The Morgan fingerprint density at radius 2 is 2.10 bits per heavy atom. The molecule has 1 fully saturated rings. The molecule has 1 aromatic carbocycles. The third-order valence-electron chi connectivity index (χ3n) is 3.64. The van der Waals surface area contributed by atoms with Crippen molar-refractivity contribution < 1.29 is 14.7 Å². The number of carbonyl (C=O) groups is 2. The number of benzene rings is 1. The average molecular weight is 296 g/mol. The molecule has 20 heavy (non-hydrogen) atoms. The van der Waals surface area contributed by atoms with Gasteiger partial charge in [-0.15, -0.1) is 0 Å². The van der Waals surface area contributed by atoms with E-state index in [1.807, 2.05) is 25.1 Å². The highest BCUT2D eigenvalue weighted by atomic mass is 35.5. The topological polar surface area (TPSA) is 57.6 Å². The van der Waals surface area contributed by atoms with Crippen LogP contribution in [-0.2, 0) is 16.0 Å². The summed E-state index contributed by atoms with van der Waals surface area (Å²) < 4.78 is 0. The van der Waals surface area contributed by atoms with E-state index in [1.165, 1.54) is 0 Å². The molecule has 0 unspecified atom stereocenters. The highest BCUT2D eigenvalue weighted by Gasteiger charge is 2.31. The number of aliphatic carboxylic acids is 1. The number of carboxylic acids is 1. The summed E-state index contributed by atoms with van der Waals surface area (Å²) in [5.74, 6) is -0.593. The highest BCUT2D eigenvalue weighted by Crippen LogP contribution is 2.21. The van der Waals surface area contributed by atoms with Gasteiger partial charge < -0.3 is 10.0 Å². The van der Waals surface area contributed by atoms with Crippen LogP contribution in [0.1, 0.15) is 24.0 Å². The van der Waals surface area contributed by atoms with Crippen molar-refractivity contribution in [3.63, 3.8) is 0 Å². The molecule has 0 bridgehead atoms. The van der Waals surface area contributed by atoms with E-state index in [9.17, 15) is 9.59 Å². The smallest absolute Gasteiger partial charge is 0.303 e. The number of aryl methyl sites for hydroxylation is 2. The predicted octanol–water partition coefficient (Wildman–Crippen LogP) is 2.51. The van der Waals surface area contributed by atoms with Crippen LogP contribution in [0, 0.1) is 12.8 Å². The normalized spacial score (nSPS) is 15.0. The van der Waals surface area contributed by atoms with Crippen molar-refractivity contribution >= 4 is 23.5 Å². The molecule has 2 rings (SSSR count).